The molecule has 0 bridgehead atoms. The van der Waals surface area contributed by atoms with E-state index in [1.165, 1.54) is 28.9 Å². The van der Waals surface area contributed by atoms with Crippen molar-refractivity contribution in [1.82, 2.24) is 0 Å². The number of hydrogen-bond acceptors (Lipinski definition) is 5. The van der Waals surface area contributed by atoms with Gasteiger partial charge in [-0.1, -0.05) is 41.6 Å². The third-order valence-corrected chi connectivity index (χ3v) is 5.50. The summed E-state index contributed by atoms with van der Waals surface area (Å²) < 4.78 is 0. The summed E-state index contributed by atoms with van der Waals surface area (Å²) in [4.78, 5) is 13.9. The van der Waals surface area contributed by atoms with Gasteiger partial charge in [-0.15, -0.1) is 11.8 Å². The molecule has 4 rings (SSSR count). The molecule has 0 fully saturated rings. The number of allylic oxidation sites excluding steroid dienone is 3. The first-order valence-corrected chi connectivity index (χ1v) is 10.3. The van der Waals surface area contributed by atoms with Crippen molar-refractivity contribution in [3.8, 4) is 11.5 Å². The molecule has 1 amide bonds. The monoisotopic (exact) mass is 434 g/mol. The van der Waals surface area contributed by atoms with E-state index in [0.717, 1.165) is 4.91 Å². The Hall–Kier alpha value is -3.40. The number of phenols is 2. The minimum absolute atomic E-state index is 0.222. The van der Waals surface area contributed by atoms with Crippen LogP contribution in [0.4, 0.5) is 5.69 Å². The van der Waals surface area contributed by atoms with Gasteiger partial charge >= 0.3 is 0 Å². The van der Waals surface area contributed by atoms with Crippen molar-refractivity contribution in [2.75, 3.05) is 10.8 Å². The quantitative estimate of drug-likeness (QED) is 0.397. The standard InChI is InChI=1S/C23H15ClN2O3S/c24-16-7-9-18(10-8-16)30-14-20-19(12-15-6-11-21(27)22(28)13-15)23(29)26(25-20)17-4-2-1-3-5-17/h1-7,9,11-13,27-28H,14H2/b19-12+. The summed E-state index contributed by atoms with van der Waals surface area (Å²) in [7, 11) is 0. The topological polar surface area (TPSA) is 73.1 Å². The molecule has 0 radical (unpaired) electrons. The molecular formula is C23H15ClN2O3S. The van der Waals surface area contributed by atoms with Crippen molar-refractivity contribution >= 4 is 46.7 Å². The van der Waals surface area contributed by atoms with Crippen molar-refractivity contribution in [3.05, 3.63) is 93.2 Å². The van der Waals surface area contributed by atoms with Crippen LogP contribution in [0.25, 0.3) is 6.08 Å². The smallest absolute Gasteiger partial charge is 0.280 e. The van der Waals surface area contributed by atoms with Gasteiger partial charge in [-0.25, -0.2) is 0 Å². The fourth-order valence-electron chi connectivity index (χ4n) is 2.83. The highest BCUT2D eigenvalue weighted by Gasteiger charge is 2.31. The van der Waals surface area contributed by atoms with Crippen molar-refractivity contribution in [2.24, 2.45) is 5.10 Å². The Labute approximate surface area is 182 Å². The van der Waals surface area contributed by atoms with E-state index in [1.54, 1.807) is 18.2 Å². The Morgan fingerprint density at radius 2 is 1.87 bits per heavy atom. The SMILES string of the molecule is O=C1/C(=C/c2ccc(O)c(O)c2)C(CSC2=C=C=C(Cl)C=C2)=NN1c1ccccc1. The lowest BCUT2D eigenvalue weighted by atomic mass is 10.1. The van der Waals surface area contributed by atoms with Crippen molar-refractivity contribution in [3.63, 3.8) is 0 Å². The highest BCUT2D eigenvalue weighted by atomic mass is 35.5. The van der Waals surface area contributed by atoms with Gasteiger partial charge in [0.15, 0.2) is 11.5 Å². The second-order valence-corrected chi connectivity index (χ2v) is 7.81. The predicted octanol–water partition coefficient (Wildman–Crippen LogP) is 4.95. The summed E-state index contributed by atoms with van der Waals surface area (Å²) in [6.07, 6.45) is 5.22. The van der Waals surface area contributed by atoms with Crippen LogP contribution >= 0.6 is 23.4 Å². The number of benzene rings is 2. The molecule has 2 aliphatic rings. The number of aromatic hydroxyl groups is 2. The second-order valence-electron chi connectivity index (χ2n) is 6.39. The minimum atomic E-state index is -0.268. The molecule has 0 saturated heterocycles. The zero-order valence-electron chi connectivity index (χ0n) is 15.5. The van der Waals surface area contributed by atoms with Crippen LogP contribution < -0.4 is 5.01 Å². The lowest BCUT2D eigenvalue weighted by Gasteiger charge is -2.11. The average molecular weight is 435 g/mol. The zero-order valence-corrected chi connectivity index (χ0v) is 17.1. The Kier molecular flexibility index (Phi) is 5.66. The van der Waals surface area contributed by atoms with Gasteiger partial charge in [0.1, 0.15) is 0 Å². The fraction of sp³-hybridized carbons (Fsp3) is 0.0435. The van der Waals surface area contributed by atoms with Gasteiger partial charge in [0, 0.05) is 5.75 Å². The minimum Gasteiger partial charge on any atom is -0.504 e. The molecule has 1 aliphatic carbocycles. The maximum Gasteiger partial charge on any atom is 0.280 e. The second kappa shape index (κ2) is 8.54. The first-order valence-electron chi connectivity index (χ1n) is 8.94. The van der Waals surface area contributed by atoms with Crippen LogP contribution in [0.5, 0.6) is 11.5 Å². The zero-order chi connectivity index (χ0) is 21.1. The molecule has 2 aromatic carbocycles. The Bertz CT molecular complexity index is 1220. The summed E-state index contributed by atoms with van der Waals surface area (Å²) in [5, 5.41) is 25.7. The van der Waals surface area contributed by atoms with Gasteiger partial charge in [-0.2, -0.15) is 10.1 Å². The summed E-state index contributed by atoms with van der Waals surface area (Å²) in [5.74, 6) is -0.318. The normalized spacial score (nSPS) is 16.7. The summed E-state index contributed by atoms with van der Waals surface area (Å²) in [6.45, 7) is 0. The molecule has 0 saturated carbocycles. The molecule has 148 valence electrons. The van der Waals surface area contributed by atoms with Crippen LogP contribution in [0.1, 0.15) is 5.56 Å². The van der Waals surface area contributed by atoms with Crippen LogP contribution in [0.3, 0.4) is 0 Å². The first-order chi connectivity index (χ1) is 14.5. The number of phenolic OH excluding ortho intramolecular Hbond substituents is 2. The molecule has 1 heterocycles. The van der Waals surface area contributed by atoms with E-state index in [-0.39, 0.29) is 17.4 Å². The maximum atomic E-state index is 13.1. The highest BCUT2D eigenvalue weighted by Crippen LogP contribution is 2.30. The molecule has 5 nitrogen and oxygen atoms in total. The van der Waals surface area contributed by atoms with E-state index in [4.69, 9.17) is 11.6 Å². The molecular weight excluding hydrogens is 420 g/mol. The molecule has 30 heavy (non-hydrogen) atoms. The lowest BCUT2D eigenvalue weighted by Crippen LogP contribution is -2.21. The molecule has 0 unspecified atom stereocenters. The number of amides is 1. The number of nitrogens with zero attached hydrogens (tertiary/aromatic N) is 2. The van der Waals surface area contributed by atoms with Crippen LogP contribution in [0, 0.1) is 0 Å². The van der Waals surface area contributed by atoms with Gasteiger partial charge in [-0.3, -0.25) is 4.79 Å². The summed E-state index contributed by atoms with van der Waals surface area (Å²) in [5.41, 5.74) is 8.02. The number of hydrogen-bond donors (Lipinski definition) is 2. The largest absolute Gasteiger partial charge is 0.504 e. The van der Waals surface area contributed by atoms with Gasteiger partial charge in [0.2, 0.25) is 0 Å². The van der Waals surface area contributed by atoms with Gasteiger partial charge in [0.25, 0.3) is 5.91 Å². The molecule has 0 aromatic heterocycles. The fourth-order valence-corrected chi connectivity index (χ4v) is 3.74. The Morgan fingerprint density at radius 3 is 2.57 bits per heavy atom. The number of halogens is 1. The van der Waals surface area contributed by atoms with Crippen LogP contribution in [-0.4, -0.2) is 27.6 Å². The van der Waals surface area contributed by atoms with Crippen LogP contribution in [0.15, 0.2) is 92.8 Å². The number of anilines is 1. The molecule has 2 N–H and O–H groups in total. The van der Waals surface area contributed by atoms with Gasteiger partial charge in [0.05, 0.1) is 26.9 Å². The third kappa shape index (κ3) is 4.28. The lowest BCUT2D eigenvalue weighted by molar-refractivity contribution is -0.114. The van der Waals surface area contributed by atoms with Crippen molar-refractivity contribution in [1.29, 1.82) is 0 Å². The van der Waals surface area contributed by atoms with E-state index in [1.807, 2.05) is 36.4 Å². The van der Waals surface area contributed by atoms with E-state index in [9.17, 15) is 15.0 Å². The van der Waals surface area contributed by atoms with Crippen molar-refractivity contribution < 1.29 is 15.0 Å². The number of carbonyl (C=O) groups excluding carboxylic acids is 1. The first kappa shape index (κ1) is 19.9. The predicted molar refractivity (Wildman–Crippen MR) is 121 cm³/mol. The van der Waals surface area contributed by atoms with E-state index in [0.29, 0.717) is 33.3 Å². The average Bonchev–Trinajstić information content (AvgIpc) is 3.06. The summed E-state index contributed by atoms with van der Waals surface area (Å²) in [6, 6.07) is 13.6. The van der Waals surface area contributed by atoms with E-state index >= 15 is 0 Å². The molecule has 0 spiro atoms. The third-order valence-electron chi connectivity index (χ3n) is 4.32. The van der Waals surface area contributed by atoms with E-state index in [2.05, 4.69) is 16.6 Å². The molecule has 2 aromatic rings. The highest BCUT2D eigenvalue weighted by molar-refractivity contribution is 8.03. The number of hydrazone groups is 1. The van der Waals surface area contributed by atoms with Crippen molar-refractivity contribution in [2.45, 2.75) is 0 Å². The van der Waals surface area contributed by atoms with Gasteiger partial charge in [-0.05, 0) is 53.8 Å². The Morgan fingerprint density at radius 1 is 1.07 bits per heavy atom. The molecule has 1 aliphatic heterocycles. The molecule has 0 atom stereocenters. The van der Waals surface area contributed by atoms with Crippen LogP contribution in [-0.2, 0) is 4.79 Å². The number of carbonyl (C=O) groups is 1. The molecule has 7 heteroatoms. The number of thioether (sulfide) groups is 1. The Balaban J connectivity index is 1.68. The number of rotatable bonds is 5. The maximum absolute atomic E-state index is 13.1. The van der Waals surface area contributed by atoms with E-state index < -0.39 is 0 Å². The number of para-hydroxylation sites is 1. The van der Waals surface area contributed by atoms with Crippen LogP contribution in [0.2, 0.25) is 0 Å². The van der Waals surface area contributed by atoms with Gasteiger partial charge < -0.3 is 10.2 Å². The summed E-state index contributed by atoms with van der Waals surface area (Å²) >= 11 is 7.32.